The predicted octanol–water partition coefficient (Wildman–Crippen LogP) is 4.05. The Morgan fingerprint density at radius 1 is 1.13 bits per heavy atom. The van der Waals surface area contributed by atoms with Crippen molar-refractivity contribution >= 4 is 44.6 Å². The summed E-state index contributed by atoms with van der Waals surface area (Å²) < 4.78 is 60.6. The molecule has 0 bridgehead atoms. The smallest absolute Gasteiger partial charge is 0.451 e. The van der Waals surface area contributed by atoms with E-state index >= 15 is 0 Å². The lowest BCUT2D eigenvalue weighted by atomic mass is 9.65. The number of carbonyl (C=O) groups excluding carboxylic acids is 1. The van der Waals surface area contributed by atoms with Gasteiger partial charge in [-0.25, -0.2) is 23.2 Å². The van der Waals surface area contributed by atoms with Crippen molar-refractivity contribution in [1.29, 1.82) is 0 Å². The number of rotatable bonds is 12. The number of nitrogens with one attached hydrogen (secondary N) is 2. The highest BCUT2D eigenvalue weighted by atomic mass is 32.2. The van der Waals surface area contributed by atoms with Crippen LogP contribution in [-0.4, -0.2) is 58.4 Å². The molecule has 3 N–H and O–H groups in total. The monoisotopic (exact) mass is 586 g/mol. The number of thiocarbonyl (C=S) groups is 1. The number of carboxylic acids is 1. The lowest BCUT2D eigenvalue weighted by Gasteiger charge is -2.43. The van der Waals surface area contributed by atoms with Crippen LogP contribution in [0, 0.1) is 5.41 Å². The molecule has 0 radical (unpaired) electrons. The highest BCUT2D eigenvalue weighted by Gasteiger charge is 2.41. The van der Waals surface area contributed by atoms with E-state index in [-0.39, 0.29) is 23.2 Å². The number of aliphatic carboxylic acids is 1. The van der Waals surface area contributed by atoms with Crippen LogP contribution in [0.25, 0.3) is 0 Å². The van der Waals surface area contributed by atoms with Gasteiger partial charge in [-0.05, 0) is 43.4 Å². The van der Waals surface area contributed by atoms with Gasteiger partial charge in [0.05, 0.1) is 10.6 Å². The lowest BCUT2D eigenvalue weighted by molar-refractivity contribution is -0.145. The summed E-state index contributed by atoms with van der Waals surface area (Å²) in [7, 11) is -3.04. The summed E-state index contributed by atoms with van der Waals surface area (Å²) in [6.07, 6.45) is 2.68. The second-order valence-electron chi connectivity index (χ2n) is 9.73. The Balaban J connectivity index is 1.57. The van der Waals surface area contributed by atoms with E-state index in [0.717, 1.165) is 31.7 Å². The number of amides is 1. The van der Waals surface area contributed by atoms with E-state index in [0.29, 0.717) is 35.5 Å². The number of anilines is 1. The normalized spacial score (nSPS) is 15.6. The molecular formula is C25H29F3N4O5S2. The first-order valence-electron chi connectivity index (χ1n) is 12.2. The quantitative estimate of drug-likeness (QED) is 0.248. The summed E-state index contributed by atoms with van der Waals surface area (Å²) in [6, 6.07) is 5.36. The highest BCUT2D eigenvalue weighted by Crippen LogP contribution is 2.46. The van der Waals surface area contributed by atoms with Gasteiger partial charge in [-0.2, -0.15) is 13.2 Å². The number of halogens is 3. The van der Waals surface area contributed by atoms with Crippen molar-refractivity contribution in [3.05, 3.63) is 53.6 Å². The number of sulfone groups is 1. The van der Waals surface area contributed by atoms with E-state index in [1.54, 1.807) is 24.3 Å². The summed E-state index contributed by atoms with van der Waals surface area (Å²) in [5, 5.41) is 15.3. The van der Waals surface area contributed by atoms with Gasteiger partial charge < -0.3 is 15.7 Å². The summed E-state index contributed by atoms with van der Waals surface area (Å²) in [5.74, 6) is -3.02. The van der Waals surface area contributed by atoms with Gasteiger partial charge in [0.15, 0.2) is 0 Å². The molecule has 1 aromatic heterocycles. The van der Waals surface area contributed by atoms with Crippen LogP contribution in [0.5, 0.6) is 0 Å². The van der Waals surface area contributed by atoms with Crippen molar-refractivity contribution in [1.82, 2.24) is 15.3 Å². The van der Waals surface area contributed by atoms with Gasteiger partial charge in [0.1, 0.15) is 15.9 Å². The van der Waals surface area contributed by atoms with E-state index in [4.69, 9.17) is 12.2 Å². The first-order chi connectivity index (χ1) is 18.2. The van der Waals surface area contributed by atoms with Gasteiger partial charge in [0, 0.05) is 41.9 Å². The topological polar surface area (TPSA) is 138 Å². The SMILES string of the molecule is CS(=O)(=O)CCCCC1(C(=S)N[C@@H](Cc2ccc(NC(=O)c3cnc(C(F)(F)F)nc3)cc2)C(=O)O)CCC1. The van der Waals surface area contributed by atoms with Crippen LogP contribution < -0.4 is 10.6 Å². The molecule has 212 valence electrons. The van der Waals surface area contributed by atoms with Crippen LogP contribution >= 0.6 is 12.2 Å². The molecule has 1 aliphatic carbocycles. The highest BCUT2D eigenvalue weighted by molar-refractivity contribution is 7.90. The minimum atomic E-state index is -4.71. The van der Waals surface area contributed by atoms with E-state index in [9.17, 15) is 36.3 Å². The van der Waals surface area contributed by atoms with E-state index in [1.807, 2.05) is 0 Å². The fourth-order valence-electron chi connectivity index (χ4n) is 4.29. The van der Waals surface area contributed by atoms with E-state index in [1.165, 1.54) is 6.26 Å². The van der Waals surface area contributed by atoms with Gasteiger partial charge in [0.2, 0.25) is 5.82 Å². The van der Waals surface area contributed by atoms with E-state index < -0.39 is 39.8 Å². The molecule has 39 heavy (non-hydrogen) atoms. The molecule has 1 aliphatic rings. The predicted molar refractivity (Wildman–Crippen MR) is 142 cm³/mol. The first-order valence-corrected chi connectivity index (χ1v) is 14.7. The van der Waals surface area contributed by atoms with Crippen molar-refractivity contribution in [2.24, 2.45) is 5.41 Å². The Labute approximate surface area is 229 Å². The molecule has 1 heterocycles. The summed E-state index contributed by atoms with van der Waals surface area (Å²) in [5.41, 5.74) is 0.527. The Kier molecular flexibility index (Phi) is 9.64. The minimum Gasteiger partial charge on any atom is -0.480 e. The van der Waals surface area contributed by atoms with Crippen LogP contribution in [-0.2, 0) is 27.2 Å². The van der Waals surface area contributed by atoms with Gasteiger partial charge in [0.25, 0.3) is 5.91 Å². The largest absolute Gasteiger partial charge is 0.480 e. The zero-order chi connectivity index (χ0) is 28.8. The Morgan fingerprint density at radius 3 is 2.23 bits per heavy atom. The molecule has 3 rings (SSSR count). The average molecular weight is 587 g/mol. The Hall–Kier alpha value is -3.13. The van der Waals surface area contributed by atoms with Crippen molar-refractivity contribution in [2.75, 3.05) is 17.3 Å². The number of aromatic nitrogens is 2. The van der Waals surface area contributed by atoms with Gasteiger partial charge >= 0.3 is 12.1 Å². The maximum atomic E-state index is 12.6. The van der Waals surface area contributed by atoms with Crippen LogP contribution in [0.15, 0.2) is 36.7 Å². The summed E-state index contributed by atoms with van der Waals surface area (Å²) in [4.78, 5) is 31.1. The molecule has 0 unspecified atom stereocenters. The fourth-order valence-corrected chi connectivity index (χ4v) is 5.46. The zero-order valence-corrected chi connectivity index (χ0v) is 22.8. The molecule has 0 saturated heterocycles. The number of unbranched alkanes of at least 4 members (excludes halogenated alkanes) is 1. The number of nitrogens with zero attached hydrogens (tertiary/aromatic N) is 2. The number of hydrogen-bond donors (Lipinski definition) is 3. The minimum absolute atomic E-state index is 0.107. The average Bonchev–Trinajstić information content (AvgIpc) is 2.82. The molecule has 1 saturated carbocycles. The van der Waals surface area contributed by atoms with Crippen molar-refractivity contribution in [3.8, 4) is 0 Å². The van der Waals surface area contributed by atoms with Crippen LogP contribution in [0.1, 0.15) is 60.3 Å². The fraction of sp³-hybridized carbons (Fsp3) is 0.480. The molecule has 0 spiro atoms. The lowest BCUT2D eigenvalue weighted by Crippen LogP contribution is -2.51. The molecule has 1 aromatic carbocycles. The molecule has 0 aliphatic heterocycles. The van der Waals surface area contributed by atoms with Crippen LogP contribution in [0.3, 0.4) is 0 Å². The third-order valence-electron chi connectivity index (χ3n) is 6.64. The maximum Gasteiger partial charge on any atom is 0.451 e. The van der Waals surface area contributed by atoms with Crippen molar-refractivity contribution < 1.29 is 36.3 Å². The number of carboxylic acid groups (broad SMARTS) is 1. The molecule has 1 amide bonds. The molecule has 9 nitrogen and oxygen atoms in total. The molecule has 14 heteroatoms. The maximum absolute atomic E-state index is 12.6. The molecule has 2 aromatic rings. The second-order valence-corrected chi connectivity index (χ2v) is 12.4. The second kappa shape index (κ2) is 12.4. The van der Waals surface area contributed by atoms with Crippen molar-refractivity contribution in [3.63, 3.8) is 0 Å². The van der Waals surface area contributed by atoms with Crippen molar-refractivity contribution in [2.45, 2.75) is 57.2 Å². The van der Waals surface area contributed by atoms with Gasteiger partial charge in [-0.15, -0.1) is 0 Å². The number of hydrogen-bond acceptors (Lipinski definition) is 7. The third-order valence-corrected chi connectivity index (χ3v) is 8.22. The Bertz CT molecular complexity index is 1300. The summed E-state index contributed by atoms with van der Waals surface area (Å²) in [6.45, 7) is 0. The third kappa shape index (κ3) is 8.68. The van der Waals surface area contributed by atoms with Gasteiger partial charge in [-0.1, -0.05) is 37.2 Å². The van der Waals surface area contributed by atoms with Crippen LogP contribution in [0.4, 0.5) is 18.9 Å². The number of benzene rings is 1. The first kappa shape index (κ1) is 30.4. The van der Waals surface area contributed by atoms with Gasteiger partial charge in [-0.3, -0.25) is 4.79 Å². The molecule has 1 fully saturated rings. The standard InChI is InChI=1S/C25H29F3N4O5S2/c1-39(36,37)12-3-2-9-24(10-4-11-24)23(38)32-19(21(34)35)13-16-5-7-18(8-6-16)31-20(33)17-14-29-22(30-15-17)25(26,27)28/h5-8,14-15,19H,2-4,9-13H2,1H3,(H,31,33)(H,32,38)(H,34,35)/t19-/m0/s1. The molecular weight excluding hydrogens is 557 g/mol. The zero-order valence-electron chi connectivity index (χ0n) is 21.1. The summed E-state index contributed by atoms with van der Waals surface area (Å²) >= 11 is 5.60. The van der Waals surface area contributed by atoms with Crippen LogP contribution in [0.2, 0.25) is 0 Å². The molecule has 1 atom stereocenters. The number of carbonyl (C=O) groups is 2. The number of alkyl halides is 3. The van der Waals surface area contributed by atoms with E-state index in [2.05, 4.69) is 20.6 Å². The Morgan fingerprint density at radius 2 is 1.74 bits per heavy atom.